The molecule has 136 valence electrons. The average molecular weight is 329 g/mol. The van der Waals surface area contributed by atoms with Gasteiger partial charge in [0.1, 0.15) is 0 Å². The maximum Gasteiger partial charge on any atom is 0.303 e. The van der Waals surface area contributed by atoms with Crippen LogP contribution in [0.5, 0.6) is 0 Å². The van der Waals surface area contributed by atoms with Crippen LogP contribution >= 0.6 is 0 Å². The summed E-state index contributed by atoms with van der Waals surface area (Å²) in [5.41, 5.74) is 0. The third-order valence-corrected chi connectivity index (χ3v) is 4.23. The first-order valence-corrected chi connectivity index (χ1v) is 9.46. The Kier molecular flexibility index (Phi) is 16.4. The number of nitro groups is 1. The largest absolute Gasteiger partial charge is 0.481 e. The second-order valence-corrected chi connectivity index (χ2v) is 6.50. The van der Waals surface area contributed by atoms with Crippen molar-refractivity contribution in [3.8, 4) is 0 Å². The van der Waals surface area contributed by atoms with E-state index in [0.717, 1.165) is 32.1 Å². The Morgan fingerprint density at radius 3 is 1.26 bits per heavy atom. The number of nitrogens with zero attached hydrogens (tertiary/aromatic N) is 1. The van der Waals surface area contributed by atoms with Crippen molar-refractivity contribution >= 4 is 5.97 Å². The van der Waals surface area contributed by atoms with Crippen molar-refractivity contribution in [2.24, 2.45) is 0 Å². The lowest BCUT2D eigenvalue weighted by Gasteiger charge is -2.03. The van der Waals surface area contributed by atoms with E-state index in [2.05, 4.69) is 0 Å². The normalized spacial score (nSPS) is 10.8. The summed E-state index contributed by atoms with van der Waals surface area (Å²) in [6.45, 7) is 0.125. The summed E-state index contributed by atoms with van der Waals surface area (Å²) in [5.74, 6) is -0.679. The molecule has 0 amide bonds. The predicted octanol–water partition coefficient (Wildman–Crippen LogP) is 5.59. The highest BCUT2D eigenvalue weighted by Gasteiger charge is 1.98. The SMILES string of the molecule is O=C(O)CCCCCCCCCCCCCCCCC[N+](=O)[O-]. The van der Waals surface area contributed by atoms with E-state index in [0.29, 0.717) is 6.42 Å². The number of unbranched alkanes of at least 4 members (excludes halogenated alkanes) is 14. The van der Waals surface area contributed by atoms with Gasteiger partial charge in [0, 0.05) is 17.8 Å². The molecule has 0 aliphatic rings. The molecule has 1 N–H and O–H groups in total. The zero-order valence-corrected chi connectivity index (χ0v) is 14.6. The fourth-order valence-electron chi connectivity index (χ4n) is 2.82. The van der Waals surface area contributed by atoms with Crippen LogP contribution in [0.3, 0.4) is 0 Å². The van der Waals surface area contributed by atoms with Gasteiger partial charge in [-0.3, -0.25) is 14.9 Å². The van der Waals surface area contributed by atoms with Gasteiger partial charge in [-0.05, 0) is 12.8 Å². The molecule has 0 saturated carbocycles. The van der Waals surface area contributed by atoms with Crippen LogP contribution < -0.4 is 0 Å². The molecule has 0 rings (SSSR count). The van der Waals surface area contributed by atoms with Gasteiger partial charge in [0.25, 0.3) is 0 Å². The molecule has 0 radical (unpaired) electrons. The Labute approximate surface area is 141 Å². The van der Waals surface area contributed by atoms with Crippen molar-refractivity contribution < 1.29 is 14.8 Å². The lowest BCUT2D eigenvalue weighted by atomic mass is 10.0. The molecule has 0 aromatic carbocycles. The summed E-state index contributed by atoms with van der Waals surface area (Å²) < 4.78 is 0. The number of carboxylic acid groups (broad SMARTS) is 1. The minimum Gasteiger partial charge on any atom is -0.481 e. The summed E-state index contributed by atoms with van der Waals surface area (Å²) >= 11 is 0. The summed E-state index contributed by atoms with van der Waals surface area (Å²) in [6, 6.07) is 0. The van der Waals surface area contributed by atoms with E-state index in [1.54, 1.807) is 0 Å². The molecule has 0 aliphatic carbocycles. The molecule has 0 aliphatic heterocycles. The number of carbonyl (C=O) groups is 1. The second kappa shape index (κ2) is 17.2. The van der Waals surface area contributed by atoms with Crippen LogP contribution in [0.4, 0.5) is 0 Å². The molecule has 0 fully saturated rings. The summed E-state index contributed by atoms with van der Waals surface area (Å²) in [4.78, 5) is 20.3. The van der Waals surface area contributed by atoms with Gasteiger partial charge in [0.05, 0.1) is 0 Å². The average Bonchev–Trinajstić information content (AvgIpc) is 2.49. The van der Waals surface area contributed by atoms with Crippen molar-refractivity contribution in [3.05, 3.63) is 10.1 Å². The Hall–Kier alpha value is -1.13. The van der Waals surface area contributed by atoms with Crippen LogP contribution in [0, 0.1) is 10.1 Å². The molecule has 0 atom stereocenters. The lowest BCUT2D eigenvalue weighted by Crippen LogP contribution is -1.99. The molecule has 0 aromatic heterocycles. The van der Waals surface area contributed by atoms with Crippen molar-refractivity contribution in [1.82, 2.24) is 0 Å². The molecular weight excluding hydrogens is 294 g/mol. The zero-order chi connectivity index (χ0) is 17.2. The number of carboxylic acids is 1. The van der Waals surface area contributed by atoms with Crippen molar-refractivity contribution in [2.45, 2.75) is 103 Å². The van der Waals surface area contributed by atoms with Crippen LogP contribution in [0.25, 0.3) is 0 Å². The van der Waals surface area contributed by atoms with Gasteiger partial charge >= 0.3 is 5.97 Å². The predicted molar refractivity (Wildman–Crippen MR) is 93.4 cm³/mol. The fraction of sp³-hybridized carbons (Fsp3) is 0.944. The van der Waals surface area contributed by atoms with Gasteiger partial charge in [-0.15, -0.1) is 0 Å². The Bertz CT molecular complexity index is 267. The minimum atomic E-state index is -0.679. The summed E-state index contributed by atoms with van der Waals surface area (Å²) in [5, 5.41) is 18.7. The first-order valence-electron chi connectivity index (χ1n) is 9.46. The second-order valence-electron chi connectivity index (χ2n) is 6.50. The molecule has 5 nitrogen and oxygen atoms in total. The minimum absolute atomic E-state index is 0.125. The van der Waals surface area contributed by atoms with Crippen molar-refractivity contribution in [1.29, 1.82) is 0 Å². The van der Waals surface area contributed by atoms with E-state index in [4.69, 9.17) is 5.11 Å². The van der Waals surface area contributed by atoms with Gasteiger partial charge in [-0.25, -0.2) is 0 Å². The standard InChI is InChI=1S/C18H35NO4/c20-18(21)16-14-12-10-8-6-4-2-1-3-5-7-9-11-13-15-17-19(22)23/h1-17H2,(H,20,21). The van der Waals surface area contributed by atoms with Crippen LogP contribution in [0.15, 0.2) is 0 Å². The quantitative estimate of drug-likeness (QED) is 0.202. The zero-order valence-electron chi connectivity index (χ0n) is 14.6. The maximum absolute atomic E-state index is 10.3. The van der Waals surface area contributed by atoms with Gasteiger partial charge in [-0.2, -0.15) is 0 Å². The molecule has 0 unspecified atom stereocenters. The highest BCUT2D eigenvalue weighted by molar-refractivity contribution is 5.66. The van der Waals surface area contributed by atoms with Crippen molar-refractivity contribution in [3.63, 3.8) is 0 Å². The van der Waals surface area contributed by atoms with Crippen LogP contribution in [-0.2, 0) is 4.79 Å². The van der Waals surface area contributed by atoms with E-state index >= 15 is 0 Å². The van der Waals surface area contributed by atoms with E-state index in [-0.39, 0.29) is 11.5 Å². The van der Waals surface area contributed by atoms with Crippen LogP contribution in [0.1, 0.15) is 103 Å². The van der Waals surface area contributed by atoms with Gasteiger partial charge in [-0.1, -0.05) is 77.0 Å². The fourth-order valence-corrected chi connectivity index (χ4v) is 2.82. The topological polar surface area (TPSA) is 80.4 Å². The molecule has 0 heterocycles. The third kappa shape index (κ3) is 20.9. The molecule has 5 heteroatoms. The number of aliphatic carboxylic acids is 1. The van der Waals surface area contributed by atoms with Gasteiger partial charge in [0.15, 0.2) is 0 Å². The molecule has 23 heavy (non-hydrogen) atoms. The smallest absolute Gasteiger partial charge is 0.303 e. The number of hydrogen-bond donors (Lipinski definition) is 1. The summed E-state index contributed by atoms with van der Waals surface area (Å²) in [7, 11) is 0. The van der Waals surface area contributed by atoms with Crippen molar-refractivity contribution in [2.75, 3.05) is 6.54 Å². The Morgan fingerprint density at radius 2 is 0.957 bits per heavy atom. The maximum atomic E-state index is 10.3. The molecule has 0 spiro atoms. The van der Waals surface area contributed by atoms with E-state index in [1.807, 2.05) is 0 Å². The summed E-state index contributed by atoms with van der Waals surface area (Å²) in [6.07, 6.45) is 17.8. The molecular formula is C18H35NO4. The highest BCUT2D eigenvalue weighted by Crippen LogP contribution is 2.13. The van der Waals surface area contributed by atoms with E-state index in [1.165, 1.54) is 64.2 Å². The van der Waals surface area contributed by atoms with Gasteiger partial charge < -0.3 is 5.11 Å². The van der Waals surface area contributed by atoms with Gasteiger partial charge in [0.2, 0.25) is 6.54 Å². The first kappa shape index (κ1) is 21.9. The molecule has 0 saturated heterocycles. The Balaban J connectivity index is 3.00. The molecule has 0 aromatic rings. The molecule has 0 bridgehead atoms. The van der Waals surface area contributed by atoms with E-state index < -0.39 is 5.97 Å². The monoisotopic (exact) mass is 329 g/mol. The van der Waals surface area contributed by atoms with Crippen LogP contribution in [0.2, 0.25) is 0 Å². The van der Waals surface area contributed by atoms with Crippen LogP contribution in [-0.4, -0.2) is 22.5 Å². The number of hydrogen-bond acceptors (Lipinski definition) is 3. The third-order valence-electron chi connectivity index (χ3n) is 4.23. The lowest BCUT2D eigenvalue weighted by molar-refractivity contribution is -0.480. The first-order chi connectivity index (χ1) is 11.1. The number of rotatable bonds is 18. The Morgan fingerprint density at radius 1 is 0.652 bits per heavy atom. The van der Waals surface area contributed by atoms with E-state index in [9.17, 15) is 14.9 Å². The highest BCUT2D eigenvalue weighted by atomic mass is 16.6.